The molecule has 3 heterocycles. The van der Waals surface area contributed by atoms with Gasteiger partial charge in [-0.2, -0.15) is 0 Å². The summed E-state index contributed by atoms with van der Waals surface area (Å²) in [6.45, 7) is 9.28. The van der Waals surface area contributed by atoms with Crippen molar-refractivity contribution in [2.75, 3.05) is 33.4 Å². The normalized spacial score (nSPS) is 16.9. The Bertz CT molecular complexity index is 997. The van der Waals surface area contributed by atoms with Gasteiger partial charge in [0.1, 0.15) is 0 Å². The number of para-hydroxylation sites is 1. The number of thiazole rings is 1. The number of carbonyl (C=O) groups is 1. The summed E-state index contributed by atoms with van der Waals surface area (Å²) in [6, 6.07) is 10.6. The quantitative estimate of drug-likeness (QED) is 0.501. The number of nitrogens with zero attached hydrogens (tertiary/aromatic N) is 3. The fourth-order valence-electron chi connectivity index (χ4n) is 4.74. The van der Waals surface area contributed by atoms with Gasteiger partial charge in [0.25, 0.3) is 0 Å². The number of benzene rings is 1. The molecule has 6 heteroatoms. The number of aromatic nitrogens is 2. The van der Waals surface area contributed by atoms with Crippen molar-refractivity contribution in [1.29, 1.82) is 0 Å². The number of piperidine rings is 1. The molecule has 3 aromatic rings. The maximum atomic E-state index is 13.1. The summed E-state index contributed by atoms with van der Waals surface area (Å²) in [5, 5.41) is 1.25. The van der Waals surface area contributed by atoms with E-state index in [0.717, 1.165) is 48.4 Å². The third-order valence-corrected chi connectivity index (χ3v) is 7.45. The maximum absolute atomic E-state index is 13.1. The average molecular weight is 426 g/mol. The number of ketones is 1. The lowest BCUT2D eigenvalue weighted by molar-refractivity contribution is 0.0908. The molecule has 0 bridgehead atoms. The van der Waals surface area contributed by atoms with E-state index in [4.69, 9.17) is 9.72 Å². The second kappa shape index (κ2) is 9.00. The Balaban J connectivity index is 1.38. The molecule has 0 aliphatic carbocycles. The topological polar surface area (TPSA) is 47.4 Å². The first-order chi connectivity index (χ1) is 14.5. The Hall–Kier alpha value is -2.02. The first-order valence-corrected chi connectivity index (χ1v) is 11.6. The lowest BCUT2D eigenvalue weighted by Gasteiger charge is -2.30. The molecule has 4 rings (SSSR count). The van der Waals surface area contributed by atoms with Gasteiger partial charge in [0.05, 0.1) is 34.4 Å². The van der Waals surface area contributed by atoms with E-state index in [-0.39, 0.29) is 11.8 Å². The second-order valence-corrected chi connectivity index (χ2v) is 9.51. The Morgan fingerprint density at radius 3 is 2.70 bits per heavy atom. The number of carbonyl (C=O) groups excluding carboxylic acids is 1. The lowest BCUT2D eigenvalue weighted by atomic mass is 9.97. The molecule has 0 spiro atoms. The minimum atomic E-state index is 0.220. The van der Waals surface area contributed by atoms with Crippen molar-refractivity contribution < 1.29 is 9.53 Å². The number of hydrogen-bond acceptors (Lipinski definition) is 5. The molecule has 0 N–H and O–H groups in total. The molecule has 0 amide bonds. The summed E-state index contributed by atoms with van der Waals surface area (Å²) < 4.78 is 8.79. The van der Waals surface area contributed by atoms with E-state index < -0.39 is 0 Å². The van der Waals surface area contributed by atoms with E-state index in [1.54, 1.807) is 7.11 Å². The zero-order valence-corrected chi connectivity index (χ0v) is 19.2. The van der Waals surface area contributed by atoms with E-state index in [1.807, 2.05) is 30.4 Å². The van der Waals surface area contributed by atoms with Crippen LogP contribution in [0.2, 0.25) is 0 Å². The summed E-state index contributed by atoms with van der Waals surface area (Å²) in [5.74, 6) is 0.728. The van der Waals surface area contributed by atoms with Crippen LogP contribution in [0.1, 0.15) is 58.5 Å². The summed E-state index contributed by atoms with van der Waals surface area (Å²) in [6.07, 6.45) is 2.13. The van der Waals surface area contributed by atoms with Gasteiger partial charge in [0.15, 0.2) is 5.78 Å². The summed E-state index contributed by atoms with van der Waals surface area (Å²) in [4.78, 5) is 20.2. The maximum Gasteiger partial charge on any atom is 0.178 e. The zero-order valence-electron chi connectivity index (χ0n) is 18.4. The predicted octanol–water partition coefficient (Wildman–Crippen LogP) is 4.98. The van der Waals surface area contributed by atoms with Gasteiger partial charge < -0.3 is 9.30 Å². The van der Waals surface area contributed by atoms with E-state index in [0.29, 0.717) is 19.1 Å². The molecule has 1 aliphatic heterocycles. The van der Waals surface area contributed by atoms with Crippen LogP contribution in [0.15, 0.2) is 30.3 Å². The van der Waals surface area contributed by atoms with Crippen molar-refractivity contribution in [2.45, 2.75) is 45.6 Å². The highest BCUT2D eigenvalue weighted by atomic mass is 32.1. The number of aryl methyl sites for hydroxylation is 1. The number of methoxy groups -OCH3 is 1. The summed E-state index contributed by atoms with van der Waals surface area (Å²) >= 11 is 1.82. The Kier molecular flexibility index (Phi) is 6.37. The van der Waals surface area contributed by atoms with Gasteiger partial charge in [-0.15, -0.1) is 11.3 Å². The highest BCUT2D eigenvalue weighted by molar-refractivity contribution is 7.18. The fraction of sp³-hybridized carbons (Fsp3) is 0.500. The molecular weight excluding hydrogens is 394 g/mol. The molecule has 1 aliphatic rings. The molecule has 1 atom stereocenters. The van der Waals surface area contributed by atoms with Gasteiger partial charge in [-0.1, -0.05) is 12.1 Å². The van der Waals surface area contributed by atoms with Crippen LogP contribution >= 0.6 is 11.3 Å². The van der Waals surface area contributed by atoms with Crippen molar-refractivity contribution in [1.82, 2.24) is 14.5 Å². The Labute approximate surface area is 182 Å². The molecular formula is C24H31N3O2S. The largest absolute Gasteiger partial charge is 0.383 e. The van der Waals surface area contributed by atoms with Gasteiger partial charge >= 0.3 is 0 Å². The van der Waals surface area contributed by atoms with Gasteiger partial charge in [-0.25, -0.2) is 4.98 Å². The molecule has 0 unspecified atom stereocenters. The van der Waals surface area contributed by atoms with Crippen molar-refractivity contribution in [2.24, 2.45) is 0 Å². The molecule has 1 saturated heterocycles. The number of hydrogen-bond donors (Lipinski definition) is 0. The van der Waals surface area contributed by atoms with Crippen LogP contribution in [0.25, 0.3) is 10.2 Å². The van der Waals surface area contributed by atoms with Gasteiger partial charge in [-0.05, 0) is 64.9 Å². The monoisotopic (exact) mass is 425 g/mol. The van der Waals surface area contributed by atoms with E-state index in [2.05, 4.69) is 41.5 Å². The van der Waals surface area contributed by atoms with Crippen molar-refractivity contribution in [3.05, 3.63) is 52.3 Å². The molecule has 160 valence electrons. The average Bonchev–Trinajstić information content (AvgIpc) is 3.29. The van der Waals surface area contributed by atoms with Crippen LogP contribution in [0, 0.1) is 13.8 Å². The Morgan fingerprint density at radius 2 is 2.00 bits per heavy atom. The van der Waals surface area contributed by atoms with Crippen LogP contribution in [-0.4, -0.2) is 53.6 Å². The second-order valence-electron chi connectivity index (χ2n) is 8.45. The van der Waals surface area contributed by atoms with Crippen LogP contribution in [-0.2, 0) is 4.74 Å². The van der Waals surface area contributed by atoms with Crippen LogP contribution in [0.4, 0.5) is 0 Å². The van der Waals surface area contributed by atoms with Gasteiger partial charge in [0, 0.05) is 30.0 Å². The molecule has 0 saturated carbocycles. The van der Waals surface area contributed by atoms with Crippen LogP contribution < -0.4 is 0 Å². The molecule has 30 heavy (non-hydrogen) atoms. The fourth-order valence-corrected chi connectivity index (χ4v) is 5.88. The minimum Gasteiger partial charge on any atom is -0.383 e. The molecule has 5 nitrogen and oxygen atoms in total. The highest BCUT2D eigenvalue weighted by Gasteiger charge is 2.26. The number of ether oxygens (including phenoxy) is 1. The first-order valence-electron chi connectivity index (χ1n) is 10.8. The van der Waals surface area contributed by atoms with Crippen molar-refractivity contribution in [3.8, 4) is 0 Å². The van der Waals surface area contributed by atoms with Crippen molar-refractivity contribution in [3.63, 3.8) is 0 Å². The van der Waals surface area contributed by atoms with Crippen molar-refractivity contribution >= 4 is 27.3 Å². The third-order valence-electron chi connectivity index (χ3n) is 6.25. The van der Waals surface area contributed by atoms with E-state index in [9.17, 15) is 4.79 Å². The minimum absolute atomic E-state index is 0.220. The summed E-state index contributed by atoms with van der Waals surface area (Å²) in [5.41, 5.74) is 4.12. The zero-order chi connectivity index (χ0) is 21.3. The molecule has 1 aromatic carbocycles. The highest BCUT2D eigenvalue weighted by Crippen LogP contribution is 2.34. The number of fused-ring (bicyclic) bond motifs is 1. The molecule has 2 aromatic heterocycles. The van der Waals surface area contributed by atoms with Crippen LogP contribution in [0.3, 0.4) is 0 Å². The van der Waals surface area contributed by atoms with Gasteiger partial charge in [-0.3, -0.25) is 9.69 Å². The number of rotatable bonds is 7. The Morgan fingerprint density at radius 1 is 1.27 bits per heavy atom. The third kappa shape index (κ3) is 4.22. The SMILES string of the molecule is COC[C@@H](C)n1c(C)cc(C(=O)CN2CCC(c3nc4ccccc4s3)CC2)c1C. The van der Waals surface area contributed by atoms with E-state index in [1.165, 1.54) is 9.71 Å². The summed E-state index contributed by atoms with van der Waals surface area (Å²) in [7, 11) is 1.72. The van der Waals surface area contributed by atoms with Crippen LogP contribution in [0.5, 0.6) is 0 Å². The number of likely N-dealkylation sites (tertiary alicyclic amines) is 1. The smallest absolute Gasteiger partial charge is 0.178 e. The van der Waals surface area contributed by atoms with E-state index >= 15 is 0 Å². The first kappa shape index (κ1) is 21.2. The number of Topliss-reactive ketones (excluding diaryl/α,β-unsaturated/α-hetero) is 1. The molecule has 1 fully saturated rings. The molecule has 0 radical (unpaired) electrons. The van der Waals surface area contributed by atoms with Gasteiger partial charge in [0.2, 0.25) is 0 Å². The lowest BCUT2D eigenvalue weighted by Crippen LogP contribution is -2.37. The predicted molar refractivity (Wildman–Crippen MR) is 123 cm³/mol. The standard InChI is InChI=1S/C24H31N3O2S/c1-16-13-20(18(3)27(16)17(2)15-29-4)22(28)14-26-11-9-19(10-12-26)24-25-21-7-5-6-8-23(21)30-24/h5-8,13,17,19H,9-12,14-15H2,1-4H3/t17-/m1/s1.